The molecule has 4 aromatic carbocycles. The number of halogens is 2. The Morgan fingerprint density at radius 1 is 0.780 bits per heavy atom. The fraction of sp³-hybridized carbons (Fsp3) is 0.0938. The Morgan fingerprint density at radius 2 is 1.49 bits per heavy atom. The third-order valence-corrected chi connectivity index (χ3v) is 7.60. The molecule has 0 bridgehead atoms. The number of rotatable bonds is 9. The number of nitrogens with one attached hydrogen (secondary N) is 3. The molecule has 0 aliphatic rings. The van der Waals surface area contributed by atoms with Crippen LogP contribution in [-0.2, 0) is 9.59 Å². The van der Waals surface area contributed by atoms with Gasteiger partial charge in [-0.05, 0) is 85.1 Å². The van der Waals surface area contributed by atoms with E-state index < -0.39 is 11.8 Å². The van der Waals surface area contributed by atoms with Crippen molar-refractivity contribution < 1.29 is 14.4 Å². The van der Waals surface area contributed by atoms with E-state index in [1.165, 1.54) is 17.8 Å². The Hall–Kier alpha value is -4.04. The van der Waals surface area contributed by atoms with Gasteiger partial charge >= 0.3 is 0 Å². The Kier molecular flexibility index (Phi) is 10.2. The van der Waals surface area contributed by atoms with Gasteiger partial charge in [0, 0.05) is 21.8 Å². The van der Waals surface area contributed by atoms with E-state index in [-0.39, 0.29) is 22.4 Å². The summed E-state index contributed by atoms with van der Waals surface area (Å²) in [5, 5.41) is 9.00. The summed E-state index contributed by atoms with van der Waals surface area (Å²) < 4.78 is 0. The second-order valence-electron chi connectivity index (χ2n) is 9.22. The van der Waals surface area contributed by atoms with E-state index in [2.05, 4.69) is 16.0 Å². The number of hydrogen-bond donors (Lipinski definition) is 3. The van der Waals surface area contributed by atoms with Gasteiger partial charge in [-0.25, -0.2) is 0 Å². The highest BCUT2D eigenvalue weighted by atomic mass is 35.5. The SMILES string of the molecule is Cc1cc(C)cc(NC(=O)CSc2cccc(NC(=O)/C(=C\c3cccc(Cl)c3Cl)NC(=O)c3ccccc3)c2)c1. The summed E-state index contributed by atoms with van der Waals surface area (Å²) >= 11 is 13.8. The van der Waals surface area contributed by atoms with Gasteiger partial charge in [0.25, 0.3) is 11.8 Å². The number of hydrogen-bond acceptors (Lipinski definition) is 4. The van der Waals surface area contributed by atoms with Crippen molar-refractivity contribution >= 4 is 70.1 Å². The van der Waals surface area contributed by atoms with Crippen LogP contribution < -0.4 is 16.0 Å². The first-order chi connectivity index (χ1) is 19.7. The van der Waals surface area contributed by atoms with Crippen LogP contribution in [0, 0.1) is 13.8 Å². The molecule has 0 aliphatic heterocycles. The Bertz CT molecular complexity index is 1600. The predicted octanol–water partition coefficient (Wildman–Crippen LogP) is 7.75. The largest absolute Gasteiger partial charge is 0.325 e. The molecule has 0 saturated carbocycles. The maximum atomic E-state index is 13.4. The summed E-state index contributed by atoms with van der Waals surface area (Å²) in [7, 11) is 0. The number of amides is 3. The fourth-order valence-corrected chi connectivity index (χ4v) is 5.10. The van der Waals surface area contributed by atoms with E-state index in [1.54, 1.807) is 66.7 Å². The molecule has 0 heterocycles. The van der Waals surface area contributed by atoms with E-state index in [1.807, 2.05) is 38.1 Å². The van der Waals surface area contributed by atoms with Crippen molar-refractivity contribution in [1.82, 2.24) is 5.32 Å². The Labute approximate surface area is 253 Å². The molecule has 41 heavy (non-hydrogen) atoms. The van der Waals surface area contributed by atoms with Gasteiger partial charge in [0.15, 0.2) is 0 Å². The van der Waals surface area contributed by atoms with Gasteiger partial charge in [0.05, 0.1) is 15.8 Å². The number of aryl methyl sites for hydroxylation is 2. The van der Waals surface area contributed by atoms with Crippen molar-refractivity contribution in [3.05, 3.63) is 129 Å². The minimum atomic E-state index is -0.556. The van der Waals surface area contributed by atoms with Crippen molar-refractivity contribution in [2.24, 2.45) is 0 Å². The Balaban J connectivity index is 1.48. The first-order valence-electron chi connectivity index (χ1n) is 12.6. The molecule has 0 fully saturated rings. The van der Waals surface area contributed by atoms with Crippen molar-refractivity contribution in [2.45, 2.75) is 18.7 Å². The Morgan fingerprint density at radius 3 is 2.22 bits per heavy atom. The van der Waals surface area contributed by atoms with Crippen molar-refractivity contribution in [3.8, 4) is 0 Å². The van der Waals surface area contributed by atoms with Crippen molar-refractivity contribution in [3.63, 3.8) is 0 Å². The quantitative estimate of drug-likeness (QED) is 0.135. The number of anilines is 2. The number of carbonyl (C=O) groups is 3. The molecule has 0 aliphatic carbocycles. The lowest BCUT2D eigenvalue weighted by atomic mass is 10.1. The smallest absolute Gasteiger partial charge is 0.272 e. The zero-order chi connectivity index (χ0) is 29.4. The van der Waals surface area contributed by atoms with Gasteiger partial charge in [-0.2, -0.15) is 0 Å². The summed E-state index contributed by atoms with van der Waals surface area (Å²) in [5.41, 5.74) is 4.23. The molecule has 4 aromatic rings. The van der Waals surface area contributed by atoms with Gasteiger partial charge in [-0.15, -0.1) is 11.8 Å². The van der Waals surface area contributed by atoms with Crippen LogP contribution in [0.5, 0.6) is 0 Å². The summed E-state index contributed by atoms with van der Waals surface area (Å²) in [6.45, 7) is 3.96. The lowest BCUT2D eigenvalue weighted by molar-refractivity contribution is -0.114. The normalized spacial score (nSPS) is 11.1. The second-order valence-corrected chi connectivity index (χ2v) is 11.1. The minimum Gasteiger partial charge on any atom is -0.325 e. The molecule has 6 nitrogen and oxygen atoms in total. The molecule has 4 rings (SSSR count). The summed E-state index contributed by atoms with van der Waals surface area (Å²) in [5.74, 6) is -0.957. The molecule has 0 aromatic heterocycles. The minimum absolute atomic E-state index is 0.0195. The van der Waals surface area contributed by atoms with E-state index in [0.29, 0.717) is 21.8 Å². The van der Waals surface area contributed by atoms with Gasteiger partial charge in [-0.3, -0.25) is 14.4 Å². The molecule has 0 atom stereocenters. The molecular formula is C32H27Cl2N3O3S. The summed E-state index contributed by atoms with van der Waals surface area (Å²) in [6, 6.07) is 26.6. The second kappa shape index (κ2) is 14.0. The average molecular weight is 605 g/mol. The van der Waals surface area contributed by atoms with Crippen LogP contribution >= 0.6 is 35.0 Å². The maximum Gasteiger partial charge on any atom is 0.272 e. The molecule has 3 amide bonds. The third kappa shape index (κ3) is 8.72. The molecule has 208 valence electrons. The van der Waals surface area contributed by atoms with E-state index in [9.17, 15) is 14.4 Å². The van der Waals surface area contributed by atoms with Crippen LogP contribution in [-0.4, -0.2) is 23.5 Å². The highest BCUT2D eigenvalue weighted by Crippen LogP contribution is 2.28. The zero-order valence-corrected chi connectivity index (χ0v) is 24.7. The monoisotopic (exact) mass is 603 g/mol. The van der Waals surface area contributed by atoms with Crippen LogP contribution in [0.2, 0.25) is 10.0 Å². The highest BCUT2D eigenvalue weighted by Gasteiger charge is 2.17. The molecule has 0 radical (unpaired) electrons. The zero-order valence-electron chi connectivity index (χ0n) is 22.3. The van der Waals surface area contributed by atoms with E-state index in [4.69, 9.17) is 23.2 Å². The highest BCUT2D eigenvalue weighted by molar-refractivity contribution is 8.00. The van der Waals surface area contributed by atoms with Gasteiger partial charge in [0.2, 0.25) is 5.91 Å². The number of carbonyl (C=O) groups excluding carboxylic acids is 3. The third-order valence-electron chi connectivity index (χ3n) is 5.78. The predicted molar refractivity (Wildman–Crippen MR) is 169 cm³/mol. The van der Waals surface area contributed by atoms with Crippen molar-refractivity contribution in [1.29, 1.82) is 0 Å². The first-order valence-corrected chi connectivity index (χ1v) is 14.4. The van der Waals surface area contributed by atoms with Crippen molar-refractivity contribution in [2.75, 3.05) is 16.4 Å². The van der Waals surface area contributed by atoms with Gasteiger partial charge < -0.3 is 16.0 Å². The van der Waals surface area contributed by atoms with E-state index >= 15 is 0 Å². The molecule has 0 unspecified atom stereocenters. The lowest BCUT2D eigenvalue weighted by Gasteiger charge is -2.13. The van der Waals surface area contributed by atoms with Crippen LogP contribution in [0.15, 0.2) is 102 Å². The fourth-order valence-electron chi connectivity index (χ4n) is 3.98. The van der Waals surface area contributed by atoms with Crippen LogP contribution in [0.1, 0.15) is 27.0 Å². The molecule has 0 spiro atoms. The van der Waals surface area contributed by atoms with Crippen LogP contribution in [0.4, 0.5) is 11.4 Å². The first kappa shape index (κ1) is 29.9. The standard InChI is InChI=1S/C32H27Cl2N3O3S/c1-20-14-21(2)16-25(15-20)35-29(38)19-41-26-12-7-11-24(18-26)36-32(40)28(17-23-10-6-13-27(33)30(23)34)37-31(39)22-8-4-3-5-9-22/h3-18H,19H2,1-2H3,(H,35,38)(H,36,40)(H,37,39)/b28-17+. The lowest BCUT2D eigenvalue weighted by Crippen LogP contribution is -2.30. The molecule has 3 N–H and O–H groups in total. The topological polar surface area (TPSA) is 87.3 Å². The van der Waals surface area contributed by atoms with Gasteiger partial charge in [-0.1, -0.05) is 65.7 Å². The van der Waals surface area contributed by atoms with Crippen LogP contribution in [0.3, 0.4) is 0 Å². The average Bonchev–Trinajstić information content (AvgIpc) is 2.94. The maximum absolute atomic E-state index is 13.4. The molecule has 9 heteroatoms. The van der Waals surface area contributed by atoms with E-state index in [0.717, 1.165) is 21.7 Å². The summed E-state index contributed by atoms with van der Waals surface area (Å²) in [4.78, 5) is 39.6. The van der Waals surface area contributed by atoms with Crippen LogP contribution in [0.25, 0.3) is 6.08 Å². The molecule has 0 saturated heterocycles. The number of thioether (sulfide) groups is 1. The molecular weight excluding hydrogens is 577 g/mol. The summed E-state index contributed by atoms with van der Waals surface area (Å²) in [6.07, 6.45) is 1.47. The van der Waals surface area contributed by atoms with Gasteiger partial charge in [0.1, 0.15) is 5.70 Å². The number of benzene rings is 4.